The lowest BCUT2D eigenvalue weighted by Crippen LogP contribution is -2.02. The highest BCUT2D eigenvalue weighted by molar-refractivity contribution is 9.10. The fraction of sp³-hybridized carbons (Fsp3) is 0.0833. The maximum absolute atomic E-state index is 13.1. The topological polar surface area (TPSA) is 17.1 Å². The summed E-state index contributed by atoms with van der Waals surface area (Å²) in [5, 5.41) is 1.86. The van der Waals surface area contributed by atoms with Crippen molar-refractivity contribution in [3.8, 4) is 0 Å². The van der Waals surface area contributed by atoms with Gasteiger partial charge in [-0.05, 0) is 42.1 Å². The second kappa shape index (κ2) is 4.47. The van der Waals surface area contributed by atoms with Gasteiger partial charge < -0.3 is 0 Å². The molecule has 4 heteroatoms. The minimum atomic E-state index is -0.402. The van der Waals surface area contributed by atoms with Gasteiger partial charge in [-0.15, -0.1) is 11.3 Å². The number of carbonyl (C=O) groups excluding carboxylic acids is 1. The van der Waals surface area contributed by atoms with Crippen LogP contribution in [0.1, 0.15) is 20.8 Å². The molecule has 1 aromatic carbocycles. The van der Waals surface area contributed by atoms with E-state index in [1.165, 1.54) is 23.5 Å². The number of benzene rings is 1. The third-order valence-electron chi connectivity index (χ3n) is 2.24. The summed E-state index contributed by atoms with van der Waals surface area (Å²) in [4.78, 5) is 12.8. The smallest absolute Gasteiger partial charge is 0.204 e. The van der Waals surface area contributed by atoms with Crippen LogP contribution in [0.5, 0.6) is 0 Å². The summed E-state index contributed by atoms with van der Waals surface area (Å²) in [6.45, 7) is 1.87. The first-order valence-electron chi connectivity index (χ1n) is 4.63. The Morgan fingerprint density at radius 2 is 2.12 bits per heavy atom. The van der Waals surface area contributed by atoms with Crippen LogP contribution in [-0.4, -0.2) is 5.78 Å². The maximum atomic E-state index is 13.1. The molecule has 1 aromatic heterocycles. The summed E-state index contributed by atoms with van der Waals surface area (Å²) in [7, 11) is 0. The van der Waals surface area contributed by atoms with Crippen LogP contribution in [0.15, 0.2) is 34.1 Å². The van der Waals surface area contributed by atoms with Gasteiger partial charge in [0.1, 0.15) is 5.82 Å². The quantitative estimate of drug-likeness (QED) is 0.760. The fourth-order valence-electron chi connectivity index (χ4n) is 1.40. The molecule has 2 aromatic rings. The van der Waals surface area contributed by atoms with Crippen molar-refractivity contribution in [3.05, 3.63) is 55.9 Å². The molecule has 0 saturated carbocycles. The summed E-state index contributed by atoms with van der Waals surface area (Å²) in [5.74, 6) is -0.542. The first-order chi connectivity index (χ1) is 7.59. The standard InChI is InChI=1S/C12H8BrFOS/c1-7-4-5-16-12(7)11(15)9-6-8(14)2-3-10(9)13/h2-6H,1H3. The molecule has 0 unspecified atom stereocenters. The lowest BCUT2D eigenvalue weighted by Gasteiger charge is -2.03. The largest absolute Gasteiger partial charge is 0.288 e. The number of rotatable bonds is 2. The summed E-state index contributed by atoms with van der Waals surface area (Å²) >= 11 is 4.63. The third-order valence-corrected chi connectivity index (χ3v) is 3.95. The number of ketones is 1. The van der Waals surface area contributed by atoms with E-state index >= 15 is 0 Å². The molecule has 0 aliphatic carbocycles. The minimum Gasteiger partial charge on any atom is -0.288 e. The highest BCUT2D eigenvalue weighted by atomic mass is 79.9. The van der Waals surface area contributed by atoms with Crippen LogP contribution in [-0.2, 0) is 0 Å². The molecule has 0 amide bonds. The average Bonchev–Trinajstić information content (AvgIpc) is 2.67. The van der Waals surface area contributed by atoms with Gasteiger partial charge in [-0.2, -0.15) is 0 Å². The van der Waals surface area contributed by atoms with Gasteiger partial charge in [-0.1, -0.05) is 15.9 Å². The van der Waals surface area contributed by atoms with Crippen molar-refractivity contribution >= 4 is 33.0 Å². The molecule has 0 radical (unpaired) electrons. The van der Waals surface area contributed by atoms with Crippen molar-refractivity contribution in [3.63, 3.8) is 0 Å². The van der Waals surface area contributed by atoms with Crippen molar-refractivity contribution in [2.45, 2.75) is 6.92 Å². The molecule has 0 bridgehead atoms. The van der Waals surface area contributed by atoms with Crippen molar-refractivity contribution in [1.82, 2.24) is 0 Å². The fourth-order valence-corrected chi connectivity index (χ4v) is 2.71. The van der Waals surface area contributed by atoms with Crippen LogP contribution in [0.4, 0.5) is 4.39 Å². The molecule has 1 nitrogen and oxygen atoms in total. The third kappa shape index (κ3) is 2.08. The van der Waals surface area contributed by atoms with Crippen molar-refractivity contribution in [1.29, 1.82) is 0 Å². The van der Waals surface area contributed by atoms with Crippen molar-refractivity contribution < 1.29 is 9.18 Å². The number of thiophene rings is 1. The van der Waals surface area contributed by atoms with Gasteiger partial charge in [0, 0.05) is 10.0 Å². The molecule has 82 valence electrons. The lowest BCUT2D eigenvalue weighted by molar-refractivity contribution is 0.104. The molecule has 0 saturated heterocycles. The monoisotopic (exact) mass is 298 g/mol. The Morgan fingerprint density at radius 1 is 1.38 bits per heavy atom. The van der Waals surface area contributed by atoms with Crippen molar-refractivity contribution in [2.24, 2.45) is 0 Å². The Kier molecular flexibility index (Phi) is 3.21. The molecule has 0 fully saturated rings. The Bertz CT molecular complexity index is 548. The van der Waals surface area contributed by atoms with E-state index in [-0.39, 0.29) is 5.78 Å². The minimum absolute atomic E-state index is 0.140. The molecule has 0 aliphatic heterocycles. The lowest BCUT2D eigenvalue weighted by atomic mass is 10.1. The Balaban J connectivity index is 2.49. The first kappa shape index (κ1) is 11.5. The van der Waals surface area contributed by atoms with E-state index < -0.39 is 5.82 Å². The molecular weight excluding hydrogens is 291 g/mol. The molecule has 1 heterocycles. The Morgan fingerprint density at radius 3 is 2.75 bits per heavy atom. The van der Waals surface area contributed by atoms with Crippen LogP contribution >= 0.6 is 27.3 Å². The molecule has 0 N–H and O–H groups in total. The van der Waals surface area contributed by atoms with Crippen LogP contribution < -0.4 is 0 Å². The van der Waals surface area contributed by atoms with E-state index in [4.69, 9.17) is 0 Å². The average molecular weight is 299 g/mol. The number of hydrogen-bond donors (Lipinski definition) is 0. The van der Waals surface area contributed by atoms with Crippen LogP contribution in [0.3, 0.4) is 0 Å². The van der Waals surface area contributed by atoms with E-state index in [0.29, 0.717) is 14.9 Å². The summed E-state index contributed by atoms with van der Waals surface area (Å²) < 4.78 is 13.7. The second-order valence-corrected chi connectivity index (χ2v) is 5.16. The predicted octanol–water partition coefficient (Wildman–Crippen LogP) is 4.19. The SMILES string of the molecule is Cc1ccsc1C(=O)c1cc(F)ccc1Br. The Labute approximate surface area is 105 Å². The zero-order valence-corrected chi connectivity index (χ0v) is 10.9. The van der Waals surface area contributed by atoms with Crippen LogP contribution in [0.2, 0.25) is 0 Å². The molecule has 0 aliphatic rings. The second-order valence-electron chi connectivity index (χ2n) is 3.39. The van der Waals surface area contributed by atoms with Crippen LogP contribution in [0.25, 0.3) is 0 Å². The number of halogens is 2. The predicted molar refractivity (Wildman–Crippen MR) is 66.6 cm³/mol. The zero-order chi connectivity index (χ0) is 11.7. The molecule has 0 atom stereocenters. The van der Waals surface area contributed by atoms with Gasteiger partial charge in [-0.25, -0.2) is 4.39 Å². The highest BCUT2D eigenvalue weighted by Crippen LogP contribution is 2.25. The Hall–Kier alpha value is -1.00. The first-order valence-corrected chi connectivity index (χ1v) is 6.30. The van der Waals surface area contributed by atoms with E-state index in [2.05, 4.69) is 15.9 Å². The molecular formula is C12H8BrFOS. The van der Waals surface area contributed by atoms with Crippen molar-refractivity contribution in [2.75, 3.05) is 0 Å². The number of hydrogen-bond acceptors (Lipinski definition) is 2. The highest BCUT2D eigenvalue weighted by Gasteiger charge is 2.16. The van der Waals surface area contributed by atoms with Gasteiger partial charge in [0.2, 0.25) is 5.78 Å². The van der Waals surface area contributed by atoms with Gasteiger partial charge >= 0.3 is 0 Å². The van der Waals surface area contributed by atoms with E-state index in [9.17, 15) is 9.18 Å². The van der Waals surface area contributed by atoms with E-state index in [0.717, 1.165) is 5.56 Å². The number of aryl methyl sites for hydroxylation is 1. The summed E-state index contributed by atoms with van der Waals surface area (Å²) in [6.07, 6.45) is 0. The normalized spacial score (nSPS) is 10.4. The summed E-state index contributed by atoms with van der Waals surface area (Å²) in [6, 6.07) is 6.00. The van der Waals surface area contributed by atoms with E-state index in [1.54, 1.807) is 6.07 Å². The van der Waals surface area contributed by atoms with E-state index in [1.807, 2.05) is 18.4 Å². The summed E-state index contributed by atoms with van der Waals surface area (Å²) in [5.41, 5.74) is 1.29. The number of carbonyl (C=O) groups is 1. The van der Waals surface area contributed by atoms with Gasteiger partial charge in [0.05, 0.1) is 4.88 Å². The zero-order valence-electron chi connectivity index (χ0n) is 8.46. The maximum Gasteiger partial charge on any atom is 0.204 e. The molecule has 2 rings (SSSR count). The molecule has 0 spiro atoms. The molecule has 16 heavy (non-hydrogen) atoms. The van der Waals surface area contributed by atoms with Gasteiger partial charge in [0.15, 0.2) is 0 Å². The van der Waals surface area contributed by atoms with Gasteiger partial charge in [-0.3, -0.25) is 4.79 Å². The van der Waals surface area contributed by atoms with Gasteiger partial charge in [0.25, 0.3) is 0 Å². The van der Waals surface area contributed by atoms with Crippen LogP contribution in [0, 0.1) is 12.7 Å².